The maximum Gasteiger partial charge on any atom is 0.222 e. The Morgan fingerprint density at radius 1 is 1.37 bits per heavy atom. The Labute approximate surface area is 181 Å². The van der Waals surface area contributed by atoms with Crippen molar-refractivity contribution in [2.24, 2.45) is 0 Å². The normalized spacial score (nSPS) is 15.3. The summed E-state index contributed by atoms with van der Waals surface area (Å²) in [4.78, 5) is 22.5. The van der Waals surface area contributed by atoms with Gasteiger partial charge in [-0.25, -0.2) is 14.6 Å². The van der Waals surface area contributed by atoms with E-state index in [2.05, 4.69) is 16.9 Å². The molecule has 3 heterocycles. The highest BCUT2D eigenvalue weighted by Gasteiger charge is 2.36. The molecule has 1 atom stereocenters. The number of rotatable bonds is 5. The number of aryl methyl sites for hydroxylation is 1. The van der Waals surface area contributed by atoms with Gasteiger partial charge in [-0.05, 0) is 32.4 Å². The average Bonchev–Trinajstić information content (AvgIpc) is 3.06. The quantitative estimate of drug-likeness (QED) is 0.614. The van der Waals surface area contributed by atoms with Gasteiger partial charge in [-0.3, -0.25) is 4.79 Å². The Kier molecular flexibility index (Phi) is 5.40. The summed E-state index contributed by atoms with van der Waals surface area (Å²) >= 11 is 6.66. The number of amides is 1. The van der Waals surface area contributed by atoms with Gasteiger partial charge >= 0.3 is 0 Å². The van der Waals surface area contributed by atoms with E-state index in [0.29, 0.717) is 24.5 Å². The molecular formula is C22H26ClN5O2. The zero-order chi connectivity index (χ0) is 21.6. The van der Waals surface area contributed by atoms with Crippen molar-refractivity contribution < 1.29 is 9.53 Å². The molecule has 0 spiro atoms. The zero-order valence-electron chi connectivity index (χ0n) is 17.9. The fraction of sp³-hybridized carbons (Fsp3) is 0.455. The Bertz CT molecular complexity index is 1120. The van der Waals surface area contributed by atoms with Crippen LogP contribution in [-0.4, -0.2) is 50.8 Å². The molecule has 8 heteroatoms. The SMILES string of the molecule is CCC(=O)N1CC(c2c(C)c(Cl)cc(C(C)n3nc(C)c4cncnc43)c2OC)C1. The minimum Gasteiger partial charge on any atom is -0.496 e. The van der Waals surface area contributed by atoms with Crippen LogP contribution in [0, 0.1) is 13.8 Å². The van der Waals surface area contributed by atoms with Gasteiger partial charge in [-0.2, -0.15) is 5.10 Å². The zero-order valence-corrected chi connectivity index (χ0v) is 18.7. The Balaban J connectivity index is 1.79. The molecule has 4 rings (SSSR count). The molecule has 1 aliphatic heterocycles. The molecule has 1 saturated heterocycles. The van der Waals surface area contributed by atoms with Crippen molar-refractivity contribution in [1.82, 2.24) is 24.6 Å². The van der Waals surface area contributed by atoms with E-state index in [1.54, 1.807) is 13.3 Å². The average molecular weight is 428 g/mol. The van der Waals surface area contributed by atoms with Crippen molar-refractivity contribution in [3.63, 3.8) is 0 Å². The second-order valence-corrected chi connectivity index (χ2v) is 8.24. The Hall–Kier alpha value is -2.67. The molecule has 1 fully saturated rings. The smallest absolute Gasteiger partial charge is 0.222 e. The first-order valence-corrected chi connectivity index (χ1v) is 10.5. The van der Waals surface area contributed by atoms with Crippen LogP contribution >= 0.6 is 11.6 Å². The first kappa shape index (κ1) is 20.6. The van der Waals surface area contributed by atoms with Crippen LogP contribution in [0.2, 0.25) is 5.02 Å². The van der Waals surface area contributed by atoms with E-state index in [0.717, 1.165) is 39.2 Å². The number of carbonyl (C=O) groups excluding carboxylic acids is 1. The molecule has 1 unspecified atom stereocenters. The van der Waals surface area contributed by atoms with Gasteiger partial charge in [0.05, 0.1) is 24.2 Å². The number of ether oxygens (including phenoxy) is 1. The lowest BCUT2D eigenvalue weighted by Gasteiger charge is -2.41. The summed E-state index contributed by atoms with van der Waals surface area (Å²) in [5.74, 6) is 1.20. The van der Waals surface area contributed by atoms with Gasteiger partial charge in [0.1, 0.15) is 12.1 Å². The molecule has 158 valence electrons. The molecule has 0 N–H and O–H groups in total. The summed E-state index contributed by atoms with van der Waals surface area (Å²) in [5.41, 5.74) is 4.68. The summed E-state index contributed by atoms with van der Waals surface area (Å²) in [6, 6.07) is 1.82. The third-order valence-electron chi connectivity index (χ3n) is 6.07. The van der Waals surface area contributed by atoms with Crippen molar-refractivity contribution in [2.75, 3.05) is 20.2 Å². The monoisotopic (exact) mass is 427 g/mol. The lowest BCUT2D eigenvalue weighted by molar-refractivity contribution is -0.135. The van der Waals surface area contributed by atoms with Crippen LogP contribution in [0.25, 0.3) is 11.0 Å². The third kappa shape index (κ3) is 3.21. The second-order valence-electron chi connectivity index (χ2n) is 7.83. The van der Waals surface area contributed by atoms with E-state index < -0.39 is 0 Å². The first-order valence-electron chi connectivity index (χ1n) is 10.2. The minimum atomic E-state index is -0.142. The van der Waals surface area contributed by atoms with E-state index in [9.17, 15) is 4.79 Å². The van der Waals surface area contributed by atoms with E-state index in [-0.39, 0.29) is 17.9 Å². The summed E-state index contributed by atoms with van der Waals surface area (Å²) < 4.78 is 7.81. The largest absolute Gasteiger partial charge is 0.496 e. The maximum atomic E-state index is 12.0. The lowest BCUT2D eigenvalue weighted by atomic mass is 9.85. The fourth-order valence-electron chi connectivity index (χ4n) is 4.31. The number of halogens is 1. The predicted molar refractivity (Wildman–Crippen MR) is 116 cm³/mol. The van der Waals surface area contributed by atoms with E-state index in [4.69, 9.17) is 21.4 Å². The highest BCUT2D eigenvalue weighted by Crippen LogP contribution is 2.44. The molecule has 1 aromatic carbocycles. The summed E-state index contributed by atoms with van der Waals surface area (Å²) in [6.45, 7) is 9.30. The van der Waals surface area contributed by atoms with Crippen molar-refractivity contribution in [1.29, 1.82) is 0 Å². The van der Waals surface area contributed by atoms with Gasteiger partial charge < -0.3 is 9.64 Å². The van der Waals surface area contributed by atoms with E-state index >= 15 is 0 Å². The highest BCUT2D eigenvalue weighted by atomic mass is 35.5. The number of methoxy groups -OCH3 is 1. The number of hydrogen-bond acceptors (Lipinski definition) is 5. The molecule has 0 aliphatic carbocycles. The van der Waals surface area contributed by atoms with Crippen LogP contribution in [0.5, 0.6) is 5.75 Å². The lowest BCUT2D eigenvalue weighted by Crippen LogP contribution is -2.48. The highest BCUT2D eigenvalue weighted by molar-refractivity contribution is 6.31. The third-order valence-corrected chi connectivity index (χ3v) is 6.47. The van der Waals surface area contributed by atoms with Crippen molar-refractivity contribution in [3.8, 4) is 5.75 Å². The second kappa shape index (κ2) is 7.87. The molecular weight excluding hydrogens is 402 g/mol. The van der Waals surface area contributed by atoms with Crippen molar-refractivity contribution in [2.45, 2.75) is 46.1 Å². The Morgan fingerprint density at radius 3 is 2.77 bits per heavy atom. The topological polar surface area (TPSA) is 73.1 Å². The number of nitrogens with zero attached hydrogens (tertiary/aromatic N) is 5. The molecule has 0 bridgehead atoms. The number of carbonyl (C=O) groups is 1. The van der Waals surface area contributed by atoms with Crippen molar-refractivity contribution >= 4 is 28.5 Å². The molecule has 0 saturated carbocycles. The summed E-state index contributed by atoms with van der Waals surface area (Å²) in [7, 11) is 1.69. The molecule has 1 aliphatic rings. The fourth-order valence-corrected chi connectivity index (χ4v) is 4.53. The standard InChI is InChI=1S/C22H26ClN5O2/c1-6-19(29)27-9-15(10-27)20-12(2)18(23)7-16(21(20)30-5)14(4)28-22-17(13(3)26-28)8-24-11-25-22/h7-8,11,14-15H,6,9-10H2,1-5H3. The summed E-state index contributed by atoms with van der Waals surface area (Å²) in [6.07, 6.45) is 3.84. The van der Waals surface area contributed by atoms with Gasteiger partial charge in [-0.1, -0.05) is 18.5 Å². The van der Waals surface area contributed by atoms with Gasteiger partial charge in [0.25, 0.3) is 0 Å². The molecule has 7 nitrogen and oxygen atoms in total. The van der Waals surface area contributed by atoms with Crippen LogP contribution in [0.4, 0.5) is 0 Å². The first-order chi connectivity index (χ1) is 14.4. The van der Waals surface area contributed by atoms with E-state index in [1.807, 2.05) is 36.4 Å². The van der Waals surface area contributed by atoms with Gasteiger partial charge in [-0.15, -0.1) is 0 Å². The molecule has 30 heavy (non-hydrogen) atoms. The van der Waals surface area contributed by atoms with E-state index in [1.165, 1.54) is 6.33 Å². The van der Waals surface area contributed by atoms with Crippen LogP contribution in [0.15, 0.2) is 18.6 Å². The number of benzene rings is 1. The molecule has 3 aromatic rings. The predicted octanol–water partition coefficient (Wildman–Crippen LogP) is 4.05. The minimum absolute atomic E-state index is 0.142. The maximum absolute atomic E-state index is 12.0. The van der Waals surface area contributed by atoms with Crippen LogP contribution in [0.3, 0.4) is 0 Å². The van der Waals surface area contributed by atoms with Gasteiger partial charge in [0.15, 0.2) is 5.65 Å². The molecule has 1 amide bonds. The molecule has 0 radical (unpaired) electrons. The number of aromatic nitrogens is 4. The number of hydrogen-bond donors (Lipinski definition) is 0. The van der Waals surface area contributed by atoms with Crippen LogP contribution < -0.4 is 4.74 Å². The molecule has 2 aromatic heterocycles. The van der Waals surface area contributed by atoms with Gasteiger partial charge in [0, 0.05) is 47.8 Å². The van der Waals surface area contributed by atoms with Crippen LogP contribution in [0.1, 0.15) is 54.6 Å². The van der Waals surface area contributed by atoms with Crippen molar-refractivity contribution in [3.05, 3.63) is 46.0 Å². The van der Waals surface area contributed by atoms with Gasteiger partial charge in [0.2, 0.25) is 5.91 Å². The Morgan fingerprint density at radius 2 is 2.10 bits per heavy atom. The number of likely N-dealkylation sites (tertiary alicyclic amines) is 1. The summed E-state index contributed by atoms with van der Waals surface area (Å²) in [5, 5.41) is 6.33. The number of fused-ring (bicyclic) bond motifs is 1. The van der Waals surface area contributed by atoms with Crippen LogP contribution in [-0.2, 0) is 4.79 Å².